The zero-order valence-electron chi connectivity index (χ0n) is 8.65. The quantitative estimate of drug-likeness (QED) is 0.467. The van der Waals surface area contributed by atoms with E-state index in [4.69, 9.17) is 6.42 Å². The summed E-state index contributed by atoms with van der Waals surface area (Å²) in [7, 11) is 0. The van der Waals surface area contributed by atoms with Crippen LogP contribution in [-0.2, 0) is 0 Å². The fourth-order valence-corrected chi connectivity index (χ4v) is 1.19. The van der Waals surface area contributed by atoms with Crippen LogP contribution in [0.2, 0.25) is 0 Å². The molecule has 1 N–H and O–H groups in total. The maximum Gasteiger partial charge on any atom is 0.274 e. The zero-order chi connectivity index (χ0) is 11.4. The van der Waals surface area contributed by atoms with E-state index in [2.05, 4.69) is 11.2 Å². The number of nitro benzene ring substituents is 1. The Balaban J connectivity index is 2.99. The standard InChI is InChI=1S/C11H12N2O2/c1-4-9(3)12-10-6-5-8(2)11(7-10)13(14)15/h1,5-7,9,12H,2-3H3. The van der Waals surface area contributed by atoms with Crippen molar-refractivity contribution in [2.24, 2.45) is 0 Å². The van der Waals surface area contributed by atoms with Crippen molar-refractivity contribution in [2.75, 3.05) is 5.32 Å². The number of nitrogens with zero attached hydrogens (tertiary/aromatic N) is 1. The van der Waals surface area contributed by atoms with Gasteiger partial charge in [0.1, 0.15) is 0 Å². The Morgan fingerprint density at radius 3 is 2.80 bits per heavy atom. The highest BCUT2D eigenvalue weighted by molar-refractivity contribution is 5.55. The van der Waals surface area contributed by atoms with E-state index in [0.29, 0.717) is 11.3 Å². The molecule has 1 aromatic rings. The molecular weight excluding hydrogens is 192 g/mol. The largest absolute Gasteiger partial charge is 0.372 e. The first kappa shape index (κ1) is 11.1. The maximum atomic E-state index is 10.7. The number of nitrogens with one attached hydrogen (secondary N) is 1. The molecule has 0 aliphatic carbocycles. The summed E-state index contributed by atoms with van der Waals surface area (Å²) in [6, 6.07) is 4.82. The van der Waals surface area contributed by atoms with Crippen LogP contribution in [0.4, 0.5) is 11.4 Å². The third-order valence-electron chi connectivity index (χ3n) is 2.04. The molecule has 78 valence electrons. The SMILES string of the molecule is C#CC(C)Nc1ccc(C)c([N+](=O)[O-])c1. The summed E-state index contributed by atoms with van der Waals surface area (Å²) >= 11 is 0. The molecule has 0 aliphatic rings. The number of hydrogen-bond acceptors (Lipinski definition) is 3. The van der Waals surface area contributed by atoms with Gasteiger partial charge in [-0.05, 0) is 19.9 Å². The van der Waals surface area contributed by atoms with E-state index >= 15 is 0 Å². The minimum absolute atomic E-state index is 0.101. The van der Waals surface area contributed by atoms with Crippen LogP contribution in [0.1, 0.15) is 12.5 Å². The van der Waals surface area contributed by atoms with Crippen molar-refractivity contribution in [3.63, 3.8) is 0 Å². The predicted molar refractivity (Wildman–Crippen MR) is 59.8 cm³/mol. The van der Waals surface area contributed by atoms with Crippen LogP contribution in [0.25, 0.3) is 0 Å². The molecular formula is C11H12N2O2. The topological polar surface area (TPSA) is 55.2 Å². The Bertz CT molecular complexity index is 421. The number of benzene rings is 1. The summed E-state index contributed by atoms with van der Waals surface area (Å²) in [5.41, 5.74) is 1.40. The van der Waals surface area contributed by atoms with E-state index in [9.17, 15) is 10.1 Å². The Hall–Kier alpha value is -2.02. The lowest BCUT2D eigenvalue weighted by Gasteiger charge is -2.09. The number of aryl methyl sites for hydroxylation is 1. The van der Waals surface area contributed by atoms with Crippen molar-refractivity contribution in [1.82, 2.24) is 0 Å². The molecule has 0 heterocycles. The highest BCUT2D eigenvalue weighted by Gasteiger charge is 2.11. The summed E-state index contributed by atoms with van der Waals surface area (Å²) in [6.07, 6.45) is 5.20. The van der Waals surface area contributed by atoms with E-state index in [-0.39, 0.29) is 11.7 Å². The zero-order valence-corrected chi connectivity index (χ0v) is 8.65. The molecule has 0 spiro atoms. The molecule has 15 heavy (non-hydrogen) atoms. The molecule has 1 unspecified atom stereocenters. The number of rotatable bonds is 3. The molecule has 4 heteroatoms. The van der Waals surface area contributed by atoms with Crippen LogP contribution in [0, 0.1) is 29.4 Å². The molecule has 0 bridgehead atoms. The van der Waals surface area contributed by atoms with Gasteiger partial charge in [0.15, 0.2) is 0 Å². The van der Waals surface area contributed by atoms with E-state index in [1.54, 1.807) is 19.1 Å². The highest BCUT2D eigenvalue weighted by atomic mass is 16.6. The van der Waals surface area contributed by atoms with Crippen LogP contribution in [0.3, 0.4) is 0 Å². The van der Waals surface area contributed by atoms with Gasteiger partial charge in [-0.15, -0.1) is 6.42 Å². The fourth-order valence-electron chi connectivity index (χ4n) is 1.19. The maximum absolute atomic E-state index is 10.7. The minimum atomic E-state index is -0.402. The Kier molecular flexibility index (Phi) is 3.29. The molecule has 0 fully saturated rings. The van der Waals surface area contributed by atoms with Gasteiger partial charge in [-0.25, -0.2) is 0 Å². The Labute approximate surface area is 88.5 Å². The molecule has 1 aromatic carbocycles. The second kappa shape index (κ2) is 4.47. The average Bonchev–Trinajstić information content (AvgIpc) is 2.20. The Morgan fingerprint density at radius 1 is 1.60 bits per heavy atom. The molecule has 0 radical (unpaired) electrons. The van der Waals surface area contributed by atoms with Gasteiger partial charge in [0.2, 0.25) is 0 Å². The molecule has 0 aromatic heterocycles. The van der Waals surface area contributed by atoms with Crippen LogP contribution in [0.5, 0.6) is 0 Å². The smallest absolute Gasteiger partial charge is 0.274 e. The Morgan fingerprint density at radius 2 is 2.27 bits per heavy atom. The second-order valence-electron chi connectivity index (χ2n) is 3.29. The highest BCUT2D eigenvalue weighted by Crippen LogP contribution is 2.22. The van der Waals surface area contributed by atoms with Gasteiger partial charge in [0, 0.05) is 17.3 Å². The molecule has 1 rings (SSSR count). The molecule has 0 amide bonds. The minimum Gasteiger partial charge on any atom is -0.372 e. The normalized spacial score (nSPS) is 11.5. The first-order valence-electron chi connectivity index (χ1n) is 4.52. The van der Waals surface area contributed by atoms with Crippen LogP contribution >= 0.6 is 0 Å². The lowest BCUT2D eigenvalue weighted by atomic mass is 10.2. The van der Waals surface area contributed by atoms with Gasteiger partial charge in [-0.1, -0.05) is 12.0 Å². The van der Waals surface area contributed by atoms with Crippen molar-refractivity contribution in [1.29, 1.82) is 0 Å². The van der Waals surface area contributed by atoms with E-state index in [0.717, 1.165) is 0 Å². The molecule has 1 atom stereocenters. The first-order chi connectivity index (χ1) is 7.04. The van der Waals surface area contributed by atoms with Crippen molar-refractivity contribution in [2.45, 2.75) is 19.9 Å². The van der Waals surface area contributed by atoms with E-state index in [1.165, 1.54) is 6.07 Å². The van der Waals surface area contributed by atoms with Crippen molar-refractivity contribution in [3.05, 3.63) is 33.9 Å². The van der Waals surface area contributed by atoms with Gasteiger partial charge >= 0.3 is 0 Å². The van der Waals surface area contributed by atoms with Crippen LogP contribution < -0.4 is 5.32 Å². The summed E-state index contributed by atoms with van der Waals surface area (Å²) in [4.78, 5) is 10.3. The van der Waals surface area contributed by atoms with Crippen LogP contribution in [0.15, 0.2) is 18.2 Å². The van der Waals surface area contributed by atoms with Gasteiger partial charge < -0.3 is 5.32 Å². The summed E-state index contributed by atoms with van der Waals surface area (Å²) in [6.45, 7) is 3.51. The van der Waals surface area contributed by atoms with Crippen molar-refractivity contribution in [3.8, 4) is 12.3 Å². The van der Waals surface area contributed by atoms with Crippen LogP contribution in [-0.4, -0.2) is 11.0 Å². The fraction of sp³-hybridized carbons (Fsp3) is 0.273. The molecule has 0 saturated carbocycles. The first-order valence-corrected chi connectivity index (χ1v) is 4.52. The van der Waals surface area contributed by atoms with Crippen molar-refractivity contribution < 1.29 is 4.92 Å². The molecule has 0 aliphatic heterocycles. The van der Waals surface area contributed by atoms with Gasteiger partial charge in [0.25, 0.3) is 5.69 Å². The molecule has 4 nitrogen and oxygen atoms in total. The number of anilines is 1. The lowest BCUT2D eigenvalue weighted by Crippen LogP contribution is -2.12. The van der Waals surface area contributed by atoms with Gasteiger partial charge in [-0.3, -0.25) is 10.1 Å². The van der Waals surface area contributed by atoms with Gasteiger partial charge in [-0.2, -0.15) is 0 Å². The van der Waals surface area contributed by atoms with E-state index in [1.807, 2.05) is 6.92 Å². The average molecular weight is 204 g/mol. The summed E-state index contributed by atoms with van der Waals surface area (Å²) < 4.78 is 0. The third-order valence-corrected chi connectivity index (χ3v) is 2.04. The predicted octanol–water partition coefficient (Wildman–Crippen LogP) is 2.34. The van der Waals surface area contributed by atoms with Gasteiger partial charge in [0.05, 0.1) is 11.0 Å². The van der Waals surface area contributed by atoms with E-state index < -0.39 is 4.92 Å². The third kappa shape index (κ3) is 2.71. The monoisotopic (exact) mass is 204 g/mol. The second-order valence-corrected chi connectivity index (χ2v) is 3.29. The number of terminal acetylenes is 1. The summed E-state index contributed by atoms with van der Waals surface area (Å²) in [5, 5.41) is 13.6. The summed E-state index contributed by atoms with van der Waals surface area (Å²) in [5.74, 6) is 2.50. The van der Waals surface area contributed by atoms with Crippen molar-refractivity contribution >= 4 is 11.4 Å². The molecule has 0 saturated heterocycles. The number of hydrogen-bond donors (Lipinski definition) is 1. The lowest BCUT2D eigenvalue weighted by molar-refractivity contribution is -0.385. The number of nitro groups is 1.